The van der Waals surface area contributed by atoms with Gasteiger partial charge in [-0.2, -0.15) is 0 Å². The van der Waals surface area contributed by atoms with Crippen molar-refractivity contribution in [3.05, 3.63) is 24.5 Å². The first kappa shape index (κ1) is 16.6. The summed E-state index contributed by atoms with van der Waals surface area (Å²) in [5.74, 6) is 1.80. The highest BCUT2D eigenvalue weighted by atomic mass is 28.4. The van der Waals surface area contributed by atoms with Crippen LogP contribution in [-0.4, -0.2) is 8.32 Å². The molecule has 0 saturated heterocycles. The van der Waals surface area contributed by atoms with Crippen LogP contribution in [0.25, 0.3) is 0 Å². The molecular formula is C17H32OSi. The molecule has 1 aliphatic carbocycles. The summed E-state index contributed by atoms with van der Waals surface area (Å²) in [5, 5.41) is 0.273. The van der Waals surface area contributed by atoms with E-state index in [1.165, 1.54) is 18.6 Å². The molecule has 0 heterocycles. The van der Waals surface area contributed by atoms with Gasteiger partial charge in [0.05, 0.1) is 5.76 Å². The van der Waals surface area contributed by atoms with Gasteiger partial charge >= 0.3 is 0 Å². The standard InChI is InChI=1S/C17H32OSi/c1-9-17(5,6)14-11-10-12-15(13-14)18-19(7,8)16(2,3)4/h9,13-14H,1,10-12H2,2-8H3. The fourth-order valence-corrected chi connectivity index (χ4v) is 3.32. The summed E-state index contributed by atoms with van der Waals surface area (Å²) < 4.78 is 6.48. The minimum atomic E-state index is -1.69. The van der Waals surface area contributed by atoms with E-state index in [9.17, 15) is 0 Å². The molecule has 0 spiro atoms. The molecule has 0 aromatic rings. The van der Waals surface area contributed by atoms with Gasteiger partial charge in [-0.15, -0.1) is 6.58 Å². The smallest absolute Gasteiger partial charge is 0.250 e. The summed E-state index contributed by atoms with van der Waals surface area (Å²) in [7, 11) is -1.69. The predicted molar refractivity (Wildman–Crippen MR) is 87.7 cm³/mol. The van der Waals surface area contributed by atoms with Gasteiger partial charge in [-0.25, -0.2) is 0 Å². The van der Waals surface area contributed by atoms with Crippen molar-refractivity contribution >= 4 is 8.32 Å². The fraction of sp³-hybridized carbons (Fsp3) is 0.765. The van der Waals surface area contributed by atoms with E-state index in [1.54, 1.807) is 0 Å². The topological polar surface area (TPSA) is 9.23 Å². The molecule has 2 heteroatoms. The van der Waals surface area contributed by atoms with Gasteiger partial charge in [-0.05, 0) is 48.4 Å². The normalized spacial score (nSPS) is 21.8. The monoisotopic (exact) mass is 280 g/mol. The molecule has 1 unspecified atom stereocenters. The maximum Gasteiger partial charge on any atom is 0.250 e. The van der Waals surface area contributed by atoms with Gasteiger partial charge in [-0.3, -0.25) is 0 Å². The van der Waals surface area contributed by atoms with Crippen LogP contribution in [0.3, 0.4) is 0 Å². The average molecular weight is 281 g/mol. The summed E-state index contributed by atoms with van der Waals surface area (Å²) in [6, 6.07) is 0. The maximum absolute atomic E-state index is 6.48. The highest BCUT2D eigenvalue weighted by Crippen LogP contribution is 2.42. The summed E-state index contributed by atoms with van der Waals surface area (Å²) >= 11 is 0. The zero-order valence-electron chi connectivity index (χ0n) is 14.0. The lowest BCUT2D eigenvalue weighted by molar-refractivity contribution is 0.270. The number of hydrogen-bond donors (Lipinski definition) is 0. The first-order valence-corrected chi connectivity index (χ1v) is 10.4. The van der Waals surface area contributed by atoms with Crippen molar-refractivity contribution in [2.24, 2.45) is 11.3 Å². The Bertz CT molecular complexity index is 358. The molecule has 110 valence electrons. The van der Waals surface area contributed by atoms with E-state index < -0.39 is 8.32 Å². The minimum absolute atomic E-state index is 0.169. The van der Waals surface area contributed by atoms with E-state index in [0.717, 1.165) is 6.42 Å². The Morgan fingerprint density at radius 2 is 1.84 bits per heavy atom. The zero-order chi connectivity index (χ0) is 14.9. The van der Waals surface area contributed by atoms with Crippen molar-refractivity contribution < 1.29 is 4.43 Å². The highest BCUT2D eigenvalue weighted by molar-refractivity contribution is 6.74. The van der Waals surface area contributed by atoms with Crippen molar-refractivity contribution in [2.75, 3.05) is 0 Å². The lowest BCUT2D eigenvalue weighted by Gasteiger charge is -2.40. The molecule has 19 heavy (non-hydrogen) atoms. The zero-order valence-corrected chi connectivity index (χ0v) is 15.0. The Hall–Kier alpha value is -0.503. The van der Waals surface area contributed by atoms with Gasteiger partial charge in [0.2, 0.25) is 8.32 Å². The maximum atomic E-state index is 6.48. The van der Waals surface area contributed by atoms with Gasteiger partial charge in [0.1, 0.15) is 0 Å². The Balaban J connectivity index is 2.87. The molecule has 1 nitrogen and oxygen atoms in total. The Labute approximate surface area is 121 Å². The summed E-state index contributed by atoms with van der Waals surface area (Å²) in [5.41, 5.74) is 0.169. The molecule has 0 amide bonds. The van der Waals surface area contributed by atoms with Crippen LogP contribution in [0, 0.1) is 11.3 Å². The van der Waals surface area contributed by atoms with Crippen molar-refractivity contribution in [1.82, 2.24) is 0 Å². The molecule has 0 aromatic heterocycles. The molecule has 1 aliphatic rings. The second-order valence-corrected chi connectivity index (χ2v) is 12.7. The van der Waals surface area contributed by atoms with Gasteiger partial charge in [0, 0.05) is 6.42 Å². The van der Waals surface area contributed by atoms with Crippen LogP contribution in [0.15, 0.2) is 24.5 Å². The van der Waals surface area contributed by atoms with Crippen molar-refractivity contribution in [1.29, 1.82) is 0 Å². The van der Waals surface area contributed by atoms with Crippen LogP contribution in [0.1, 0.15) is 53.9 Å². The summed E-state index contributed by atoms with van der Waals surface area (Å²) in [6.07, 6.45) is 8.07. The second-order valence-electron chi connectivity index (χ2n) is 8.02. The third-order valence-electron chi connectivity index (χ3n) is 5.00. The van der Waals surface area contributed by atoms with Crippen LogP contribution >= 0.6 is 0 Å². The van der Waals surface area contributed by atoms with E-state index in [4.69, 9.17) is 4.43 Å². The summed E-state index contributed by atoms with van der Waals surface area (Å²) in [6.45, 7) is 20.1. The molecule has 0 N–H and O–H groups in total. The molecule has 1 atom stereocenters. The molecule has 0 aromatic carbocycles. The second kappa shape index (κ2) is 5.47. The molecule has 0 fully saturated rings. The Morgan fingerprint density at radius 1 is 1.26 bits per heavy atom. The number of hydrogen-bond acceptors (Lipinski definition) is 1. The lowest BCUT2D eigenvalue weighted by atomic mass is 9.74. The van der Waals surface area contributed by atoms with E-state index in [-0.39, 0.29) is 10.5 Å². The van der Waals surface area contributed by atoms with Gasteiger partial charge in [-0.1, -0.05) is 40.7 Å². The van der Waals surface area contributed by atoms with Gasteiger partial charge < -0.3 is 4.43 Å². The molecule has 0 saturated carbocycles. The lowest BCUT2D eigenvalue weighted by Crippen LogP contribution is -2.41. The van der Waals surface area contributed by atoms with Crippen LogP contribution in [0.4, 0.5) is 0 Å². The largest absolute Gasteiger partial charge is 0.547 e. The molecule has 0 radical (unpaired) electrons. The molecule has 0 aliphatic heterocycles. The van der Waals surface area contributed by atoms with Gasteiger partial charge in [0.15, 0.2) is 0 Å². The Kier molecular flexibility index (Phi) is 4.77. The quantitative estimate of drug-likeness (QED) is 0.460. The minimum Gasteiger partial charge on any atom is -0.547 e. The number of allylic oxidation sites excluding steroid dienone is 3. The van der Waals surface area contributed by atoms with Crippen molar-refractivity contribution in [3.8, 4) is 0 Å². The van der Waals surface area contributed by atoms with E-state index in [0.29, 0.717) is 5.92 Å². The van der Waals surface area contributed by atoms with Gasteiger partial charge in [0.25, 0.3) is 0 Å². The SMILES string of the molecule is C=CC(C)(C)C1C=C(O[Si](C)(C)C(C)(C)C)CCC1. The molecule has 0 bridgehead atoms. The van der Waals surface area contributed by atoms with E-state index in [1.807, 2.05) is 0 Å². The average Bonchev–Trinajstić information content (AvgIpc) is 2.27. The fourth-order valence-electron chi connectivity index (χ4n) is 2.19. The first-order chi connectivity index (χ1) is 8.49. The summed E-state index contributed by atoms with van der Waals surface area (Å²) in [4.78, 5) is 0. The third kappa shape index (κ3) is 3.98. The first-order valence-electron chi connectivity index (χ1n) is 7.53. The Morgan fingerprint density at radius 3 is 2.32 bits per heavy atom. The predicted octanol–water partition coefficient (Wildman–Crippen LogP) is 5.90. The van der Waals surface area contributed by atoms with E-state index >= 15 is 0 Å². The van der Waals surface area contributed by atoms with Crippen molar-refractivity contribution in [3.63, 3.8) is 0 Å². The number of rotatable bonds is 4. The molecular weight excluding hydrogens is 248 g/mol. The van der Waals surface area contributed by atoms with Crippen molar-refractivity contribution in [2.45, 2.75) is 72.0 Å². The third-order valence-corrected chi connectivity index (χ3v) is 9.38. The highest BCUT2D eigenvalue weighted by Gasteiger charge is 2.40. The van der Waals surface area contributed by atoms with Crippen LogP contribution in [-0.2, 0) is 4.43 Å². The van der Waals surface area contributed by atoms with Crippen LogP contribution < -0.4 is 0 Å². The van der Waals surface area contributed by atoms with Crippen LogP contribution in [0.2, 0.25) is 18.1 Å². The van der Waals surface area contributed by atoms with E-state index in [2.05, 4.69) is 66.4 Å². The molecule has 1 rings (SSSR count). The van der Waals surface area contributed by atoms with Crippen LogP contribution in [0.5, 0.6) is 0 Å².